The maximum Gasteiger partial charge on any atom is 0.240 e. The van der Waals surface area contributed by atoms with E-state index in [1.165, 1.54) is 26.2 Å². The van der Waals surface area contributed by atoms with Crippen molar-refractivity contribution < 1.29 is 22.3 Å². The summed E-state index contributed by atoms with van der Waals surface area (Å²) in [7, 11) is -2.51. The van der Waals surface area contributed by atoms with Gasteiger partial charge in [-0.15, -0.1) is 0 Å². The van der Waals surface area contributed by atoms with Gasteiger partial charge in [0.25, 0.3) is 0 Å². The first-order valence-electron chi connectivity index (χ1n) is 5.44. The van der Waals surface area contributed by atoms with E-state index in [0.29, 0.717) is 0 Å². The molecule has 0 aliphatic carbocycles. The van der Waals surface area contributed by atoms with E-state index in [4.69, 9.17) is 4.74 Å². The molecule has 1 rings (SSSR count). The van der Waals surface area contributed by atoms with Crippen molar-refractivity contribution in [1.29, 1.82) is 0 Å². The van der Waals surface area contributed by atoms with Crippen molar-refractivity contribution in [3.05, 3.63) is 24.0 Å². The van der Waals surface area contributed by atoms with Crippen LogP contribution in [0.1, 0.15) is 6.92 Å². The van der Waals surface area contributed by atoms with Crippen LogP contribution in [-0.4, -0.2) is 34.5 Å². The highest BCUT2D eigenvalue weighted by atomic mass is 32.2. The average Bonchev–Trinajstić information content (AvgIpc) is 2.34. The second kappa shape index (κ2) is 6.48. The molecule has 0 aliphatic heterocycles. The number of carbonyl (C=O) groups is 1. The molecule has 0 spiro atoms. The molecule has 0 saturated heterocycles. The summed E-state index contributed by atoms with van der Waals surface area (Å²) in [6.45, 7) is 1.51. The van der Waals surface area contributed by atoms with E-state index in [1.807, 2.05) is 0 Å². The Morgan fingerprint density at radius 1 is 1.37 bits per heavy atom. The molecular weight excluding hydrogens is 275 g/mol. The molecule has 0 unspecified atom stereocenters. The Bertz CT molecular complexity index is 560. The van der Waals surface area contributed by atoms with Crippen molar-refractivity contribution in [2.45, 2.75) is 11.8 Å². The number of amides is 1. The SMILES string of the molecule is COc1ccc(S(=O)(=O)NCCNC(C)=O)cc1F. The Morgan fingerprint density at radius 3 is 2.58 bits per heavy atom. The van der Waals surface area contributed by atoms with E-state index in [9.17, 15) is 17.6 Å². The van der Waals surface area contributed by atoms with Gasteiger partial charge < -0.3 is 10.1 Å². The van der Waals surface area contributed by atoms with Crippen LogP contribution in [0.5, 0.6) is 5.75 Å². The van der Waals surface area contributed by atoms with Gasteiger partial charge in [0, 0.05) is 20.0 Å². The molecule has 0 aliphatic rings. The number of ether oxygens (including phenoxy) is 1. The largest absolute Gasteiger partial charge is 0.494 e. The number of rotatable bonds is 6. The third-order valence-electron chi connectivity index (χ3n) is 2.22. The van der Waals surface area contributed by atoms with Gasteiger partial charge in [0.2, 0.25) is 15.9 Å². The van der Waals surface area contributed by atoms with Crippen LogP contribution in [0.3, 0.4) is 0 Å². The number of benzene rings is 1. The number of methoxy groups -OCH3 is 1. The van der Waals surface area contributed by atoms with Crippen LogP contribution in [0.25, 0.3) is 0 Å². The van der Waals surface area contributed by atoms with Gasteiger partial charge in [-0.05, 0) is 18.2 Å². The van der Waals surface area contributed by atoms with Gasteiger partial charge in [0.05, 0.1) is 12.0 Å². The van der Waals surface area contributed by atoms with Crippen molar-refractivity contribution in [2.24, 2.45) is 0 Å². The van der Waals surface area contributed by atoms with Crippen LogP contribution in [-0.2, 0) is 14.8 Å². The molecule has 106 valence electrons. The van der Waals surface area contributed by atoms with Crippen molar-refractivity contribution in [2.75, 3.05) is 20.2 Å². The van der Waals surface area contributed by atoms with Crippen molar-refractivity contribution >= 4 is 15.9 Å². The minimum absolute atomic E-state index is 0.0234. The molecule has 19 heavy (non-hydrogen) atoms. The third kappa shape index (κ3) is 4.49. The number of nitrogens with one attached hydrogen (secondary N) is 2. The minimum atomic E-state index is -3.80. The Kier molecular flexibility index (Phi) is 5.25. The summed E-state index contributed by atoms with van der Waals surface area (Å²) in [5.74, 6) is -1.04. The van der Waals surface area contributed by atoms with Crippen molar-refractivity contribution in [1.82, 2.24) is 10.0 Å². The van der Waals surface area contributed by atoms with Crippen molar-refractivity contribution in [3.8, 4) is 5.75 Å². The van der Waals surface area contributed by atoms with Crippen LogP contribution in [0.2, 0.25) is 0 Å². The molecule has 0 heterocycles. The Labute approximate surface area is 111 Å². The summed E-state index contributed by atoms with van der Waals surface area (Å²) in [6.07, 6.45) is 0. The molecular formula is C11H15FN2O4S. The first-order valence-corrected chi connectivity index (χ1v) is 6.93. The van der Waals surface area contributed by atoms with Crippen LogP contribution < -0.4 is 14.8 Å². The minimum Gasteiger partial charge on any atom is -0.494 e. The zero-order valence-electron chi connectivity index (χ0n) is 10.6. The smallest absolute Gasteiger partial charge is 0.240 e. The number of hydrogen-bond donors (Lipinski definition) is 2. The summed E-state index contributed by atoms with van der Waals surface area (Å²) in [5.41, 5.74) is 0. The Balaban J connectivity index is 2.72. The number of hydrogen-bond acceptors (Lipinski definition) is 4. The van der Waals surface area contributed by atoms with Gasteiger partial charge in [0.1, 0.15) is 0 Å². The molecule has 6 nitrogen and oxygen atoms in total. The average molecular weight is 290 g/mol. The van der Waals surface area contributed by atoms with E-state index < -0.39 is 15.8 Å². The van der Waals surface area contributed by atoms with E-state index in [2.05, 4.69) is 10.0 Å². The van der Waals surface area contributed by atoms with E-state index in [1.54, 1.807) is 0 Å². The molecule has 1 aromatic carbocycles. The molecule has 0 aromatic heterocycles. The maximum atomic E-state index is 13.4. The first kappa shape index (κ1) is 15.4. The van der Waals surface area contributed by atoms with Crippen LogP contribution in [0, 0.1) is 5.82 Å². The highest BCUT2D eigenvalue weighted by Crippen LogP contribution is 2.20. The second-order valence-electron chi connectivity index (χ2n) is 3.68. The lowest BCUT2D eigenvalue weighted by atomic mass is 10.3. The predicted octanol–water partition coefficient (Wildman–Crippen LogP) is 0.249. The van der Waals surface area contributed by atoms with Gasteiger partial charge in [-0.3, -0.25) is 4.79 Å². The maximum absolute atomic E-state index is 13.4. The number of sulfonamides is 1. The predicted molar refractivity (Wildman–Crippen MR) is 66.8 cm³/mol. The molecule has 0 atom stereocenters. The molecule has 8 heteroatoms. The Hall–Kier alpha value is -1.67. The molecule has 0 fully saturated rings. The van der Waals surface area contributed by atoms with Gasteiger partial charge in [-0.25, -0.2) is 17.5 Å². The lowest BCUT2D eigenvalue weighted by molar-refractivity contribution is -0.118. The monoisotopic (exact) mass is 290 g/mol. The van der Waals surface area contributed by atoms with Gasteiger partial charge >= 0.3 is 0 Å². The zero-order valence-corrected chi connectivity index (χ0v) is 11.4. The molecule has 0 bridgehead atoms. The normalized spacial score (nSPS) is 11.1. The third-order valence-corrected chi connectivity index (χ3v) is 3.68. The van der Waals surface area contributed by atoms with Crippen LogP contribution >= 0.6 is 0 Å². The first-order chi connectivity index (χ1) is 8.86. The quantitative estimate of drug-likeness (QED) is 0.736. The zero-order chi connectivity index (χ0) is 14.5. The molecule has 1 amide bonds. The highest BCUT2D eigenvalue weighted by molar-refractivity contribution is 7.89. The second-order valence-corrected chi connectivity index (χ2v) is 5.44. The topological polar surface area (TPSA) is 84.5 Å². The molecule has 0 radical (unpaired) electrons. The standard InChI is InChI=1S/C11H15FN2O4S/c1-8(15)13-5-6-14-19(16,17)9-3-4-11(18-2)10(12)7-9/h3-4,7,14H,5-6H2,1-2H3,(H,13,15). The van der Waals surface area contributed by atoms with Crippen LogP contribution in [0.4, 0.5) is 4.39 Å². The lowest BCUT2D eigenvalue weighted by Gasteiger charge is -2.08. The van der Waals surface area contributed by atoms with E-state index in [-0.39, 0.29) is 29.6 Å². The summed E-state index contributed by atoms with van der Waals surface area (Å²) in [6, 6.07) is 3.35. The van der Waals surface area contributed by atoms with Gasteiger partial charge in [0.15, 0.2) is 11.6 Å². The lowest BCUT2D eigenvalue weighted by Crippen LogP contribution is -2.33. The van der Waals surface area contributed by atoms with Crippen LogP contribution in [0.15, 0.2) is 23.1 Å². The Morgan fingerprint density at radius 2 is 2.05 bits per heavy atom. The van der Waals surface area contributed by atoms with Gasteiger partial charge in [-0.1, -0.05) is 0 Å². The summed E-state index contributed by atoms with van der Waals surface area (Å²) in [4.78, 5) is 10.4. The molecule has 2 N–H and O–H groups in total. The van der Waals surface area contributed by atoms with E-state index in [0.717, 1.165) is 6.07 Å². The fourth-order valence-corrected chi connectivity index (χ4v) is 2.36. The molecule has 0 saturated carbocycles. The summed E-state index contributed by atoms with van der Waals surface area (Å²) >= 11 is 0. The number of carbonyl (C=O) groups excluding carboxylic acids is 1. The molecule has 1 aromatic rings. The van der Waals surface area contributed by atoms with Gasteiger partial charge in [-0.2, -0.15) is 0 Å². The highest BCUT2D eigenvalue weighted by Gasteiger charge is 2.15. The summed E-state index contributed by atoms with van der Waals surface area (Å²) < 4.78 is 43.9. The van der Waals surface area contributed by atoms with E-state index >= 15 is 0 Å². The summed E-state index contributed by atoms with van der Waals surface area (Å²) in [5, 5.41) is 2.44. The fourth-order valence-electron chi connectivity index (χ4n) is 1.32. The fraction of sp³-hybridized carbons (Fsp3) is 0.364. The van der Waals surface area contributed by atoms with Crippen molar-refractivity contribution in [3.63, 3.8) is 0 Å². The number of halogens is 1.